The minimum atomic E-state index is 0.519. The summed E-state index contributed by atoms with van der Waals surface area (Å²) in [7, 11) is 0.519. The SMILES string of the molecule is Cc1cc(C)c2ccc([S+]3CCCC3)c-2c(C)c1. The minimum Gasteiger partial charge on any atom is -0.0558 e. The van der Waals surface area contributed by atoms with Gasteiger partial charge in [-0.1, -0.05) is 17.7 Å². The maximum Gasteiger partial charge on any atom is 0.163 e. The zero-order valence-electron chi connectivity index (χ0n) is 11.5. The predicted molar refractivity (Wildman–Crippen MR) is 81.9 cm³/mol. The van der Waals surface area contributed by atoms with E-state index < -0.39 is 0 Å². The van der Waals surface area contributed by atoms with E-state index in [9.17, 15) is 0 Å². The summed E-state index contributed by atoms with van der Waals surface area (Å²) in [5.74, 6) is 2.82. The number of fused-ring (bicyclic) bond motifs is 1. The van der Waals surface area contributed by atoms with Crippen molar-refractivity contribution < 1.29 is 0 Å². The van der Waals surface area contributed by atoms with Crippen LogP contribution in [-0.2, 0) is 10.9 Å². The van der Waals surface area contributed by atoms with E-state index in [1.807, 2.05) is 0 Å². The molecule has 0 amide bonds. The van der Waals surface area contributed by atoms with Crippen LogP contribution in [0, 0.1) is 20.8 Å². The first-order valence-electron chi connectivity index (χ1n) is 6.85. The highest BCUT2D eigenvalue weighted by atomic mass is 32.2. The van der Waals surface area contributed by atoms with E-state index in [1.165, 1.54) is 46.6 Å². The Labute approximate surface area is 113 Å². The number of hydrogen-bond acceptors (Lipinski definition) is 0. The molecule has 1 fully saturated rings. The lowest BCUT2D eigenvalue weighted by Gasteiger charge is -2.04. The summed E-state index contributed by atoms with van der Waals surface area (Å²) in [6.07, 6.45) is 2.84. The molecule has 18 heavy (non-hydrogen) atoms. The lowest BCUT2D eigenvalue weighted by molar-refractivity contribution is 0.949. The third-order valence-electron chi connectivity index (χ3n) is 3.97. The maximum absolute atomic E-state index is 2.40. The number of hydrogen-bond donors (Lipinski definition) is 0. The Morgan fingerprint density at radius 2 is 1.56 bits per heavy atom. The molecule has 0 atom stereocenters. The Morgan fingerprint density at radius 1 is 0.889 bits per heavy atom. The zero-order valence-corrected chi connectivity index (χ0v) is 12.4. The summed E-state index contributed by atoms with van der Waals surface area (Å²) >= 11 is 0. The molecule has 1 heteroatoms. The smallest absolute Gasteiger partial charge is 0.0558 e. The fourth-order valence-electron chi connectivity index (χ4n) is 3.18. The lowest BCUT2D eigenvalue weighted by atomic mass is 10.1. The summed E-state index contributed by atoms with van der Waals surface area (Å²) in [4.78, 5) is 1.64. The molecule has 0 aromatic carbocycles. The first kappa shape index (κ1) is 12.1. The van der Waals surface area contributed by atoms with Crippen LogP contribution in [0.5, 0.6) is 0 Å². The average molecular weight is 257 g/mol. The van der Waals surface area contributed by atoms with Gasteiger partial charge in [-0.15, -0.1) is 0 Å². The number of rotatable bonds is 1. The van der Waals surface area contributed by atoms with Crippen LogP contribution < -0.4 is 0 Å². The summed E-state index contributed by atoms with van der Waals surface area (Å²) in [5, 5.41) is 0. The quantitative estimate of drug-likeness (QED) is 0.660. The summed E-state index contributed by atoms with van der Waals surface area (Å²) in [6.45, 7) is 6.73. The van der Waals surface area contributed by atoms with Gasteiger partial charge in [-0.2, -0.15) is 0 Å². The molecular weight excluding hydrogens is 236 g/mol. The van der Waals surface area contributed by atoms with Crippen LogP contribution in [-0.4, -0.2) is 11.5 Å². The van der Waals surface area contributed by atoms with E-state index in [2.05, 4.69) is 45.0 Å². The van der Waals surface area contributed by atoms with E-state index in [4.69, 9.17) is 0 Å². The standard InChI is InChI=1S/C17H21S/c1-12-10-13(2)15-6-7-16(17(15)14(3)11-12)18-8-4-5-9-18/h6-7,10-11H,4-5,8-9H2,1-3H3/q+1. The van der Waals surface area contributed by atoms with Gasteiger partial charge < -0.3 is 0 Å². The van der Waals surface area contributed by atoms with Gasteiger partial charge in [0.1, 0.15) is 11.5 Å². The molecular formula is C17H21S+. The molecule has 1 saturated heterocycles. The van der Waals surface area contributed by atoms with E-state index in [1.54, 1.807) is 10.5 Å². The molecule has 0 radical (unpaired) electrons. The third kappa shape index (κ3) is 1.95. The molecule has 0 N–H and O–H groups in total. The highest BCUT2D eigenvalue weighted by Gasteiger charge is 2.31. The highest BCUT2D eigenvalue weighted by molar-refractivity contribution is 7.97. The molecule has 94 valence electrons. The van der Waals surface area contributed by atoms with Gasteiger partial charge in [0.25, 0.3) is 0 Å². The second kappa shape index (κ2) is 4.62. The molecule has 0 unspecified atom stereocenters. The third-order valence-corrected chi connectivity index (χ3v) is 6.49. The number of aryl methyl sites for hydroxylation is 3. The zero-order chi connectivity index (χ0) is 12.7. The van der Waals surface area contributed by atoms with E-state index in [0.29, 0.717) is 10.9 Å². The van der Waals surface area contributed by atoms with E-state index in [-0.39, 0.29) is 0 Å². The van der Waals surface area contributed by atoms with Crippen LogP contribution in [0.4, 0.5) is 0 Å². The second-order valence-electron chi connectivity index (χ2n) is 5.49. The van der Waals surface area contributed by atoms with Gasteiger partial charge in [0.2, 0.25) is 0 Å². The van der Waals surface area contributed by atoms with Crippen molar-refractivity contribution in [2.45, 2.75) is 38.5 Å². The van der Waals surface area contributed by atoms with Crippen LogP contribution in [0.25, 0.3) is 11.1 Å². The van der Waals surface area contributed by atoms with E-state index >= 15 is 0 Å². The van der Waals surface area contributed by atoms with Gasteiger partial charge in [-0.3, -0.25) is 0 Å². The molecule has 0 bridgehead atoms. The first-order valence-corrected chi connectivity index (χ1v) is 8.41. The monoisotopic (exact) mass is 257 g/mol. The van der Waals surface area contributed by atoms with Crippen molar-refractivity contribution >= 4 is 10.9 Å². The van der Waals surface area contributed by atoms with E-state index in [0.717, 1.165) is 0 Å². The Hall–Kier alpha value is -0.950. The average Bonchev–Trinajstić information content (AvgIpc) is 2.95. The topological polar surface area (TPSA) is 0 Å². The maximum atomic E-state index is 2.40. The van der Waals surface area contributed by atoms with Crippen LogP contribution >= 0.6 is 0 Å². The van der Waals surface area contributed by atoms with Gasteiger partial charge in [-0.25, -0.2) is 0 Å². The Kier molecular flexibility index (Phi) is 3.11. The molecule has 0 nitrogen and oxygen atoms in total. The van der Waals surface area contributed by atoms with Crippen molar-refractivity contribution in [1.29, 1.82) is 0 Å². The van der Waals surface area contributed by atoms with Crippen LogP contribution in [0.15, 0.2) is 29.2 Å². The summed E-state index contributed by atoms with van der Waals surface area (Å²) in [5.41, 5.74) is 7.27. The molecule has 0 saturated carbocycles. The molecule has 0 spiro atoms. The molecule has 1 heterocycles. The molecule has 1 aliphatic heterocycles. The van der Waals surface area contributed by atoms with Crippen molar-refractivity contribution in [2.75, 3.05) is 11.5 Å². The van der Waals surface area contributed by atoms with Gasteiger partial charge >= 0.3 is 0 Å². The molecule has 2 aliphatic carbocycles. The second-order valence-corrected chi connectivity index (χ2v) is 7.74. The highest BCUT2D eigenvalue weighted by Crippen LogP contribution is 2.39. The fourth-order valence-corrected chi connectivity index (χ4v) is 5.75. The summed E-state index contributed by atoms with van der Waals surface area (Å²) < 4.78 is 0. The van der Waals surface area contributed by atoms with Crippen molar-refractivity contribution in [1.82, 2.24) is 0 Å². The van der Waals surface area contributed by atoms with Crippen LogP contribution in [0.2, 0.25) is 0 Å². The van der Waals surface area contributed by atoms with Crippen molar-refractivity contribution in [2.24, 2.45) is 0 Å². The van der Waals surface area contributed by atoms with Gasteiger partial charge in [0.05, 0.1) is 0 Å². The van der Waals surface area contributed by atoms with Gasteiger partial charge in [-0.05, 0) is 62.4 Å². The lowest BCUT2D eigenvalue weighted by Crippen LogP contribution is -2.03. The fraction of sp³-hybridized carbons (Fsp3) is 0.412. The summed E-state index contributed by atoms with van der Waals surface area (Å²) in [6, 6.07) is 9.40. The Balaban J connectivity index is 2.21. The molecule has 3 aliphatic rings. The minimum absolute atomic E-state index is 0.519. The van der Waals surface area contributed by atoms with Crippen molar-refractivity contribution in [3.05, 3.63) is 41.0 Å². The Bertz CT molecular complexity index is 550. The largest absolute Gasteiger partial charge is 0.163 e. The Morgan fingerprint density at radius 3 is 2.28 bits per heavy atom. The molecule has 0 aromatic heterocycles. The van der Waals surface area contributed by atoms with Crippen LogP contribution in [0.3, 0.4) is 0 Å². The first-order chi connectivity index (χ1) is 8.66. The van der Waals surface area contributed by atoms with Gasteiger partial charge in [0, 0.05) is 16.5 Å². The van der Waals surface area contributed by atoms with Gasteiger partial charge in [0.15, 0.2) is 4.90 Å². The normalized spacial score (nSPS) is 16.6. The van der Waals surface area contributed by atoms with Crippen molar-refractivity contribution in [3.8, 4) is 11.1 Å². The molecule has 3 rings (SSSR count). The molecule has 0 aromatic rings. The van der Waals surface area contributed by atoms with Crippen molar-refractivity contribution in [3.63, 3.8) is 0 Å². The van der Waals surface area contributed by atoms with Crippen LogP contribution in [0.1, 0.15) is 29.5 Å². The predicted octanol–water partition coefficient (Wildman–Crippen LogP) is 4.49.